The average Bonchev–Trinajstić information content (AvgIpc) is 3.14. The van der Waals surface area contributed by atoms with Gasteiger partial charge in [-0.15, -0.1) is 0 Å². The van der Waals surface area contributed by atoms with Gasteiger partial charge in [-0.3, -0.25) is 9.59 Å². The summed E-state index contributed by atoms with van der Waals surface area (Å²) in [5.41, 5.74) is 0.380. The second-order valence-corrected chi connectivity index (χ2v) is 9.06. The molecule has 1 atom stereocenters. The molecule has 10 heteroatoms. The minimum atomic E-state index is -0.951. The lowest BCUT2D eigenvalue weighted by atomic mass is 9.94. The van der Waals surface area contributed by atoms with E-state index >= 15 is 0 Å². The van der Waals surface area contributed by atoms with Gasteiger partial charge in [0, 0.05) is 17.6 Å². The maximum atomic E-state index is 13.3. The van der Waals surface area contributed by atoms with Gasteiger partial charge >= 0.3 is 0 Å². The molecule has 1 unspecified atom stereocenters. The molecule has 1 fully saturated rings. The summed E-state index contributed by atoms with van der Waals surface area (Å²) in [6.45, 7) is 6.37. The third-order valence-corrected chi connectivity index (χ3v) is 6.80. The van der Waals surface area contributed by atoms with Crippen LogP contribution in [-0.4, -0.2) is 79.2 Å². The van der Waals surface area contributed by atoms with Crippen LogP contribution in [0.1, 0.15) is 31.0 Å². The Hall–Kier alpha value is -3.24. The van der Waals surface area contributed by atoms with E-state index in [1.807, 2.05) is 13.8 Å². The average molecular weight is 563 g/mol. The molecule has 0 aliphatic carbocycles. The summed E-state index contributed by atoms with van der Waals surface area (Å²) in [5, 5.41) is 21.7. The van der Waals surface area contributed by atoms with E-state index in [2.05, 4.69) is 20.8 Å². The maximum absolute atomic E-state index is 13.3. The molecule has 1 saturated heterocycles. The molecule has 2 aromatic carbocycles. The van der Waals surface area contributed by atoms with Crippen LogP contribution in [0.3, 0.4) is 0 Å². The van der Waals surface area contributed by atoms with Crippen molar-refractivity contribution < 1.29 is 34.0 Å². The molecule has 1 heterocycles. The van der Waals surface area contributed by atoms with E-state index in [0.29, 0.717) is 33.8 Å². The zero-order valence-corrected chi connectivity index (χ0v) is 22.6. The standard InChI is InChI=1S/C26H31BrN2O7/c1-6-28(7-2)10-11-29-22(15-12-19(34-3)25(36-5)20(13-15)35-4)21(24(32)26(29)33)23(31)17-14-16(27)8-9-18(17)30/h8-9,12-14,22,30-31H,6-7,10-11H2,1-5H3/b23-21+. The van der Waals surface area contributed by atoms with E-state index in [1.165, 1.54) is 38.4 Å². The summed E-state index contributed by atoms with van der Waals surface area (Å²) in [7, 11) is 4.42. The molecule has 1 aliphatic heterocycles. The van der Waals surface area contributed by atoms with Gasteiger partial charge in [0.25, 0.3) is 11.7 Å². The number of halogens is 1. The zero-order chi connectivity index (χ0) is 26.6. The van der Waals surface area contributed by atoms with Crippen molar-refractivity contribution in [3.8, 4) is 23.0 Å². The largest absolute Gasteiger partial charge is 0.507 e. The summed E-state index contributed by atoms with van der Waals surface area (Å²) in [4.78, 5) is 30.1. The Balaban J connectivity index is 2.26. The summed E-state index contributed by atoms with van der Waals surface area (Å²) in [5.74, 6) is -1.25. The van der Waals surface area contributed by atoms with Gasteiger partial charge < -0.3 is 34.2 Å². The normalized spacial score (nSPS) is 17.1. The number of carbonyl (C=O) groups excluding carboxylic acids is 2. The Morgan fingerprint density at radius 2 is 1.64 bits per heavy atom. The fourth-order valence-corrected chi connectivity index (χ4v) is 4.71. The molecule has 194 valence electrons. The van der Waals surface area contributed by atoms with Crippen LogP contribution < -0.4 is 14.2 Å². The van der Waals surface area contributed by atoms with Gasteiger partial charge in [0.05, 0.1) is 38.5 Å². The van der Waals surface area contributed by atoms with Crippen LogP contribution in [0.5, 0.6) is 23.0 Å². The predicted molar refractivity (Wildman–Crippen MR) is 139 cm³/mol. The molecule has 3 rings (SSSR count). The maximum Gasteiger partial charge on any atom is 0.295 e. The highest BCUT2D eigenvalue weighted by Gasteiger charge is 2.46. The van der Waals surface area contributed by atoms with E-state index in [-0.39, 0.29) is 23.4 Å². The number of ether oxygens (including phenoxy) is 3. The highest BCUT2D eigenvalue weighted by Crippen LogP contribution is 2.46. The zero-order valence-electron chi connectivity index (χ0n) is 21.0. The van der Waals surface area contributed by atoms with Crippen LogP contribution in [0.2, 0.25) is 0 Å². The molecule has 9 nitrogen and oxygen atoms in total. The van der Waals surface area contributed by atoms with E-state index in [0.717, 1.165) is 13.1 Å². The Labute approximate surface area is 219 Å². The first-order valence-corrected chi connectivity index (χ1v) is 12.3. The number of nitrogens with zero attached hydrogens (tertiary/aromatic N) is 2. The molecule has 2 N–H and O–H groups in total. The van der Waals surface area contributed by atoms with E-state index < -0.39 is 23.5 Å². The van der Waals surface area contributed by atoms with Crippen molar-refractivity contribution in [3.63, 3.8) is 0 Å². The molecule has 0 bridgehead atoms. The molecular weight excluding hydrogens is 532 g/mol. The first kappa shape index (κ1) is 27.3. The number of ketones is 1. The number of aromatic hydroxyl groups is 1. The lowest BCUT2D eigenvalue weighted by molar-refractivity contribution is -0.140. The Morgan fingerprint density at radius 3 is 2.17 bits per heavy atom. The van der Waals surface area contributed by atoms with Crippen molar-refractivity contribution in [3.05, 3.63) is 51.5 Å². The van der Waals surface area contributed by atoms with Crippen molar-refractivity contribution in [2.45, 2.75) is 19.9 Å². The Kier molecular flexibility index (Phi) is 8.86. The van der Waals surface area contributed by atoms with Crippen molar-refractivity contribution >= 4 is 33.4 Å². The van der Waals surface area contributed by atoms with Gasteiger partial charge in [0.1, 0.15) is 11.5 Å². The molecule has 0 spiro atoms. The molecule has 1 amide bonds. The lowest BCUT2D eigenvalue weighted by Gasteiger charge is -2.29. The van der Waals surface area contributed by atoms with Gasteiger partial charge in [-0.05, 0) is 49.0 Å². The first-order chi connectivity index (χ1) is 17.2. The van der Waals surface area contributed by atoms with Crippen LogP contribution in [0.15, 0.2) is 40.4 Å². The number of aliphatic hydroxyl groups is 1. The summed E-state index contributed by atoms with van der Waals surface area (Å²) in [6, 6.07) is 6.83. The number of hydrogen-bond acceptors (Lipinski definition) is 8. The second-order valence-electron chi connectivity index (χ2n) is 8.14. The van der Waals surface area contributed by atoms with Crippen molar-refractivity contribution in [2.75, 3.05) is 47.5 Å². The third-order valence-electron chi connectivity index (χ3n) is 6.31. The number of Topliss-reactive ketones (excluding diaryl/α,β-unsaturated/α-hetero) is 1. The SMILES string of the molecule is CCN(CC)CCN1C(=O)C(=O)/C(=C(/O)c2cc(Br)ccc2O)C1c1cc(OC)c(OC)c(OC)c1. The lowest BCUT2D eigenvalue weighted by Crippen LogP contribution is -2.38. The molecule has 36 heavy (non-hydrogen) atoms. The smallest absolute Gasteiger partial charge is 0.295 e. The summed E-state index contributed by atoms with van der Waals surface area (Å²) >= 11 is 3.32. The number of amides is 1. The van der Waals surface area contributed by atoms with Crippen LogP contribution in [0.25, 0.3) is 5.76 Å². The number of likely N-dealkylation sites (tertiary alicyclic amines) is 1. The number of likely N-dealkylation sites (N-methyl/N-ethyl adjacent to an activating group) is 1. The van der Waals surface area contributed by atoms with Crippen LogP contribution in [0, 0.1) is 0 Å². The Bertz CT molecular complexity index is 1150. The number of aliphatic hydroxyl groups excluding tert-OH is 1. The number of carbonyl (C=O) groups is 2. The topological polar surface area (TPSA) is 109 Å². The van der Waals surface area contributed by atoms with Crippen molar-refractivity contribution in [1.29, 1.82) is 0 Å². The van der Waals surface area contributed by atoms with Gasteiger partial charge in [-0.1, -0.05) is 29.8 Å². The van der Waals surface area contributed by atoms with Crippen molar-refractivity contribution in [2.24, 2.45) is 0 Å². The summed E-state index contributed by atoms with van der Waals surface area (Å²) < 4.78 is 17.0. The monoisotopic (exact) mass is 562 g/mol. The van der Waals surface area contributed by atoms with Crippen LogP contribution in [-0.2, 0) is 9.59 Å². The van der Waals surface area contributed by atoms with E-state index in [4.69, 9.17) is 14.2 Å². The molecule has 0 saturated carbocycles. The number of rotatable bonds is 10. The number of phenolic OH excluding ortho intramolecular Hbond substituents is 1. The number of phenols is 1. The van der Waals surface area contributed by atoms with Gasteiger partial charge in [0.15, 0.2) is 11.5 Å². The van der Waals surface area contributed by atoms with E-state index in [1.54, 1.807) is 18.2 Å². The van der Waals surface area contributed by atoms with Crippen molar-refractivity contribution in [1.82, 2.24) is 9.80 Å². The van der Waals surface area contributed by atoms with Gasteiger partial charge in [-0.25, -0.2) is 0 Å². The second kappa shape index (κ2) is 11.7. The quantitative estimate of drug-likeness (QED) is 0.254. The fourth-order valence-electron chi connectivity index (χ4n) is 4.35. The van der Waals surface area contributed by atoms with E-state index in [9.17, 15) is 19.8 Å². The number of hydrogen-bond donors (Lipinski definition) is 2. The highest BCUT2D eigenvalue weighted by molar-refractivity contribution is 9.10. The minimum Gasteiger partial charge on any atom is -0.507 e. The van der Waals surface area contributed by atoms with Gasteiger partial charge in [0.2, 0.25) is 5.75 Å². The molecule has 0 radical (unpaired) electrons. The van der Waals surface area contributed by atoms with Crippen LogP contribution >= 0.6 is 15.9 Å². The molecule has 2 aromatic rings. The minimum absolute atomic E-state index is 0.0311. The fraction of sp³-hybridized carbons (Fsp3) is 0.385. The van der Waals surface area contributed by atoms with Crippen LogP contribution in [0.4, 0.5) is 0 Å². The Morgan fingerprint density at radius 1 is 1.03 bits per heavy atom. The molecule has 1 aliphatic rings. The van der Waals surface area contributed by atoms with Gasteiger partial charge in [-0.2, -0.15) is 0 Å². The molecule has 0 aromatic heterocycles. The molecular formula is C26H31BrN2O7. The number of methoxy groups -OCH3 is 3. The first-order valence-electron chi connectivity index (χ1n) is 11.5. The third kappa shape index (κ3) is 5.15. The summed E-state index contributed by atoms with van der Waals surface area (Å²) in [6.07, 6.45) is 0. The highest BCUT2D eigenvalue weighted by atomic mass is 79.9. The predicted octanol–water partition coefficient (Wildman–Crippen LogP) is 3.94. The number of benzene rings is 2.